The Kier molecular flexibility index (Phi) is 4.70. The van der Waals surface area contributed by atoms with E-state index in [2.05, 4.69) is 32.4 Å². The van der Waals surface area contributed by atoms with Gasteiger partial charge in [-0.25, -0.2) is 15.0 Å². The standard InChI is InChI=1S/C20H22N6O/c1-25-8-10-26(11-9-25)24-20-22-13-17-12-16(6-7-18(17)23-20)14-2-4-15(5-3-14)19(21)27/h2-7,12-13H,8-11H2,1H3,(H2,21,27)(H,22,23,24). The number of likely N-dealkylation sites (N-methyl/N-ethyl adjacent to an activating group) is 1. The van der Waals surface area contributed by atoms with E-state index in [1.165, 1.54) is 0 Å². The number of rotatable bonds is 4. The smallest absolute Gasteiger partial charge is 0.248 e. The van der Waals surface area contributed by atoms with Crippen LogP contribution in [0.3, 0.4) is 0 Å². The largest absolute Gasteiger partial charge is 0.366 e. The second-order valence-electron chi connectivity index (χ2n) is 6.81. The summed E-state index contributed by atoms with van der Waals surface area (Å²) in [7, 11) is 2.13. The molecular formula is C20H22N6O. The van der Waals surface area contributed by atoms with Crippen LogP contribution in [-0.2, 0) is 0 Å². The average molecular weight is 362 g/mol. The van der Waals surface area contributed by atoms with Gasteiger partial charge in [0.25, 0.3) is 0 Å². The minimum atomic E-state index is -0.422. The number of nitrogens with zero attached hydrogens (tertiary/aromatic N) is 4. The summed E-state index contributed by atoms with van der Waals surface area (Å²) in [5, 5.41) is 3.12. The maximum atomic E-state index is 11.2. The first-order valence-electron chi connectivity index (χ1n) is 8.96. The second kappa shape index (κ2) is 7.30. The molecule has 4 rings (SSSR count). The molecule has 0 bridgehead atoms. The summed E-state index contributed by atoms with van der Waals surface area (Å²) < 4.78 is 0. The Labute approximate surface area is 157 Å². The fourth-order valence-corrected chi connectivity index (χ4v) is 3.15. The number of nitrogens with one attached hydrogen (secondary N) is 1. The van der Waals surface area contributed by atoms with E-state index in [1.807, 2.05) is 36.5 Å². The molecule has 1 aliphatic rings. The molecule has 1 aliphatic heterocycles. The van der Waals surface area contributed by atoms with Gasteiger partial charge in [-0.2, -0.15) is 0 Å². The zero-order valence-corrected chi connectivity index (χ0v) is 15.2. The first kappa shape index (κ1) is 17.4. The summed E-state index contributed by atoms with van der Waals surface area (Å²) >= 11 is 0. The van der Waals surface area contributed by atoms with Crippen LogP contribution in [0.2, 0.25) is 0 Å². The highest BCUT2D eigenvalue weighted by atomic mass is 16.1. The Morgan fingerprint density at radius 3 is 2.44 bits per heavy atom. The van der Waals surface area contributed by atoms with Gasteiger partial charge in [-0.15, -0.1) is 0 Å². The highest BCUT2D eigenvalue weighted by molar-refractivity contribution is 5.93. The lowest BCUT2D eigenvalue weighted by molar-refractivity contribution is 0.100. The van der Waals surface area contributed by atoms with E-state index in [0.717, 1.165) is 48.2 Å². The molecule has 3 N–H and O–H groups in total. The molecule has 27 heavy (non-hydrogen) atoms. The maximum Gasteiger partial charge on any atom is 0.248 e. The van der Waals surface area contributed by atoms with Gasteiger partial charge in [0.1, 0.15) is 0 Å². The number of aromatic nitrogens is 2. The van der Waals surface area contributed by atoms with Gasteiger partial charge in [-0.1, -0.05) is 18.2 Å². The fourth-order valence-electron chi connectivity index (χ4n) is 3.15. The third-order valence-electron chi connectivity index (χ3n) is 4.84. The van der Waals surface area contributed by atoms with Crippen LogP contribution in [0.15, 0.2) is 48.7 Å². The van der Waals surface area contributed by atoms with Crippen molar-refractivity contribution in [1.82, 2.24) is 19.9 Å². The minimum Gasteiger partial charge on any atom is -0.366 e. The van der Waals surface area contributed by atoms with E-state index < -0.39 is 5.91 Å². The molecule has 0 spiro atoms. The average Bonchev–Trinajstić information content (AvgIpc) is 2.69. The molecule has 7 nitrogen and oxygen atoms in total. The predicted molar refractivity (Wildman–Crippen MR) is 106 cm³/mol. The van der Waals surface area contributed by atoms with Crippen molar-refractivity contribution in [3.05, 3.63) is 54.2 Å². The minimum absolute atomic E-state index is 0.422. The van der Waals surface area contributed by atoms with Crippen molar-refractivity contribution >= 4 is 22.8 Å². The lowest BCUT2D eigenvalue weighted by atomic mass is 10.0. The molecule has 0 aliphatic carbocycles. The number of fused-ring (bicyclic) bond motifs is 1. The summed E-state index contributed by atoms with van der Waals surface area (Å²) in [4.78, 5) is 22.6. The van der Waals surface area contributed by atoms with Crippen LogP contribution in [0.25, 0.3) is 22.0 Å². The van der Waals surface area contributed by atoms with E-state index in [1.54, 1.807) is 12.1 Å². The summed E-state index contributed by atoms with van der Waals surface area (Å²) in [6, 6.07) is 13.3. The van der Waals surface area contributed by atoms with Gasteiger partial charge in [0.15, 0.2) is 0 Å². The first-order chi connectivity index (χ1) is 13.1. The summed E-state index contributed by atoms with van der Waals surface area (Å²) in [6.45, 7) is 3.94. The lowest BCUT2D eigenvalue weighted by Gasteiger charge is -2.32. The van der Waals surface area contributed by atoms with Crippen molar-refractivity contribution in [2.24, 2.45) is 5.73 Å². The second-order valence-corrected chi connectivity index (χ2v) is 6.81. The van der Waals surface area contributed by atoms with Crippen LogP contribution in [0.1, 0.15) is 10.4 Å². The van der Waals surface area contributed by atoms with Crippen molar-refractivity contribution in [3.8, 4) is 11.1 Å². The zero-order chi connectivity index (χ0) is 18.8. The number of nitrogens with two attached hydrogens (primary N) is 1. The maximum absolute atomic E-state index is 11.2. The Morgan fingerprint density at radius 1 is 1.04 bits per heavy atom. The van der Waals surface area contributed by atoms with Gasteiger partial charge < -0.3 is 10.6 Å². The first-order valence-corrected chi connectivity index (χ1v) is 8.96. The third-order valence-corrected chi connectivity index (χ3v) is 4.84. The number of carbonyl (C=O) groups is 1. The Balaban J connectivity index is 1.54. The van der Waals surface area contributed by atoms with E-state index >= 15 is 0 Å². The number of primary amides is 1. The molecule has 0 unspecified atom stereocenters. The number of hydrazine groups is 1. The Bertz CT molecular complexity index is 964. The molecule has 0 saturated carbocycles. The Morgan fingerprint density at radius 2 is 1.74 bits per heavy atom. The highest BCUT2D eigenvalue weighted by Crippen LogP contribution is 2.24. The van der Waals surface area contributed by atoms with Crippen LogP contribution in [-0.4, -0.2) is 59.0 Å². The molecule has 2 aromatic carbocycles. The molecular weight excluding hydrogens is 340 g/mol. The van der Waals surface area contributed by atoms with Crippen LogP contribution in [0.4, 0.5) is 5.95 Å². The van der Waals surface area contributed by atoms with E-state index in [0.29, 0.717) is 11.5 Å². The highest BCUT2D eigenvalue weighted by Gasteiger charge is 2.14. The number of hydrogen-bond acceptors (Lipinski definition) is 6. The lowest BCUT2D eigenvalue weighted by Crippen LogP contribution is -2.47. The number of benzene rings is 2. The van der Waals surface area contributed by atoms with Crippen molar-refractivity contribution in [1.29, 1.82) is 0 Å². The third kappa shape index (κ3) is 3.89. The number of hydrogen-bond donors (Lipinski definition) is 2. The van der Waals surface area contributed by atoms with Gasteiger partial charge in [0.2, 0.25) is 11.9 Å². The van der Waals surface area contributed by atoms with Crippen LogP contribution in [0, 0.1) is 0 Å². The SMILES string of the molecule is CN1CCN(Nc2ncc3cc(-c4ccc(C(N)=O)cc4)ccc3n2)CC1. The monoisotopic (exact) mass is 362 g/mol. The molecule has 1 fully saturated rings. The van der Waals surface area contributed by atoms with Crippen molar-refractivity contribution in [2.45, 2.75) is 0 Å². The number of amides is 1. The number of anilines is 1. The van der Waals surface area contributed by atoms with Gasteiger partial charge >= 0.3 is 0 Å². The molecule has 1 saturated heterocycles. The van der Waals surface area contributed by atoms with E-state index in [9.17, 15) is 4.79 Å². The Hall–Kier alpha value is -3.03. The normalized spacial score (nSPS) is 15.7. The van der Waals surface area contributed by atoms with Crippen molar-refractivity contribution < 1.29 is 4.79 Å². The molecule has 3 aromatic rings. The number of carbonyl (C=O) groups excluding carboxylic acids is 1. The number of piperazine rings is 1. The van der Waals surface area contributed by atoms with Crippen LogP contribution >= 0.6 is 0 Å². The van der Waals surface area contributed by atoms with Gasteiger partial charge in [-0.05, 0) is 42.4 Å². The van der Waals surface area contributed by atoms with E-state index in [4.69, 9.17) is 5.73 Å². The quantitative estimate of drug-likeness (QED) is 0.738. The molecule has 1 amide bonds. The zero-order valence-electron chi connectivity index (χ0n) is 15.2. The molecule has 0 radical (unpaired) electrons. The molecule has 138 valence electrons. The molecule has 1 aromatic heterocycles. The van der Waals surface area contributed by atoms with Crippen molar-refractivity contribution in [2.75, 3.05) is 38.7 Å². The summed E-state index contributed by atoms with van der Waals surface area (Å²) in [6.07, 6.45) is 1.84. The topological polar surface area (TPSA) is 87.4 Å². The summed E-state index contributed by atoms with van der Waals surface area (Å²) in [5.41, 5.74) is 12.0. The molecule has 0 atom stereocenters. The fraction of sp³-hybridized carbons (Fsp3) is 0.250. The van der Waals surface area contributed by atoms with Crippen molar-refractivity contribution in [3.63, 3.8) is 0 Å². The molecule has 2 heterocycles. The van der Waals surface area contributed by atoms with Crippen LogP contribution < -0.4 is 11.2 Å². The van der Waals surface area contributed by atoms with Gasteiger partial charge in [0, 0.05) is 43.3 Å². The van der Waals surface area contributed by atoms with Crippen LogP contribution in [0.5, 0.6) is 0 Å². The predicted octanol–water partition coefficient (Wildman–Crippen LogP) is 1.97. The van der Waals surface area contributed by atoms with Gasteiger partial charge in [0.05, 0.1) is 5.52 Å². The molecule has 7 heteroatoms. The van der Waals surface area contributed by atoms with Gasteiger partial charge in [-0.3, -0.25) is 10.2 Å². The summed E-state index contributed by atoms with van der Waals surface area (Å²) in [5.74, 6) is 0.194. The van der Waals surface area contributed by atoms with E-state index in [-0.39, 0.29) is 0 Å².